The van der Waals surface area contributed by atoms with E-state index in [9.17, 15) is 18.8 Å². The number of benzene rings is 4. The van der Waals surface area contributed by atoms with Crippen LogP contribution in [0, 0.1) is 5.82 Å². The first kappa shape index (κ1) is 27.7. The molecular weight excluding hydrogens is 623 g/mol. The highest BCUT2D eigenvalue weighted by atomic mass is 79.9. The molecule has 5 aromatic rings. The molecule has 0 aliphatic carbocycles. The van der Waals surface area contributed by atoms with Crippen molar-refractivity contribution in [1.29, 1.82) is 0 Å². The van der Waals surface area contributed by atoms with Gasteiger partial charge in [-0.3, -0.25) is 19.7 Å². The molecular formula is C31H22BrFN4O4S. The highest BCUT2D eigenvalue weighted by Gasteiger charge is 2.52. The normalized spacial score (nSPS) is 15.7. The van der Waals surface area contributed by atoms with E-state index in [1.54, 1.807) is 54.6 Å². The van der Waals surface area contributed by atoms with Gasteiger partial charge in [0.05, 0.1) is 16.8 Å². The Bertz CT molecular complexity index is 1760. The fraction of sp³-hybridized carbons (Fsp3) is 0.0968. The average Bonchev–Trinajstić information content (AvgIpc) is 3.69. The van der Waals surface area contributed by atoms with Gasteiger partial charge in [-0.25, -0.2) is 9.37 Å². The minimum absolute atomic E-state index is 0.107. The lowest BCUT2D eigenvalue weighted by Crippen LogP contribution is -2.36. The first-order valence-electron chi connectivity index (χ1n) is 12.9. The molecule has 210 valence electrons. The Balaban J connectivity index is 1.18. The van der Waals surface area contributed by atoms with Gasteiger partial charge < -0.3 is 15.0 Å². The summed E-state index contributed by atoms with van der Waals surface area (Å²) in [6.07, 6.45) is -1.94. The molecule has 6 rings (SSSR count). The summed E-state index contributed by atoms with van der Waals surface area (Å²) in [6, 6.07) is 27.0. The number of rotatable bonds is 8. The monoisotopic (exact) mass is 644 g/mol. The molecule has 42 heavy (non-hydrogen) atoms. The quantitative estimate of drug-likeness (QED) is 0.191. The van der Waals surface area contributed by atoms with E-state index in [4.69, 9.17) is 4.74 Å². The van der Waals surface area contributed by atoms with Gasteiger partial charge in [0.25, 0.3) is 17.7 Å². The van der Waals surface area contributed by atoms with Gasteiger partial charge in [0.15, 0.2) is 17.3 Å². The smallest absolute Gasteiger partial charge is 0.259 e. The van der Waals surface area contributed by atoms with Gasteiger partial charge in [0.2, 0.25) is 0 Å². The van der Waals surface area contributed by atoms with Crippen molar-refractivity contribution in [3.05, 3.63) is 118 Å². The van der Waals surface area contributed by atoms with Crippen molar-refractivity contribution in [2.45, 2.75) is 18.8 Å². The lowest BCUT2D eigenvalue weighted by molar-refractivity contribution is -0.120. The van der Waals surface area contributed by atoms with E-state index >= 15 is 0 Å². The van der Waals surface area contributed by atoms with Crippen LogP contribution in [0.1, 0.15) is 15.9 Å². The first-order valence-corrected chi connectivity index (χ1v) is 14.5. The maximum Gasteiger partial charge on any atom is 0.259 e. The number of epoxide rings is 1. The van der Waals surface area contributed by atoms with Gasteiger partial charge in [-0.05, 0) is 72.3 Å². The standard InChI is InChI=1S/C31H22BrFN4O4S/c32-20-4-3-5-22(16-20)34-29(39)26-27(41-26)30(40)37(17-18-8-12-21(33)13-9-18)23-14-10-19(11-15-23)28(38)36-31-35-24-6-1-2-7-25(24)42-31/h1-16,26-27H,17H2,(H,34,39)(H,35,36,38). The van der Waals surface area contributed by atoms with E-state index in [-0.39, 0.29) is 12.5 Å². The van der Waals surface area contributed by atoms with Crippen LogP contribution in [-0.2, 0) is 20.9 Å². The molecule has 1 aliphatic rings. The van der Waals surface area contributed by atoms with E-state index in [1.165, 1.54) is 28.4 Å². The summed E-state index contributed by atoms with van der Waals surface area (Å²) >= 11 is 4.74. The van der Waals surface area contributed by atoms with Gasteiger partial charge in [-0.1, -0.05) is 57.6 Å². The zero-order chi connectivity index (χ0) is 29.2. The number of ether oxygens (including phenoxy) is 1. The third-order valence-corrected chi connectivity index (χ3v) is 8.01. The highest BCUT2D eigenvalue weighted by Crippen LogP contribution is 2.30. The lowest BCUT2D eigenvalue weighted by atomic mass is 10.1. The Morgan fingerprint density at radius 3 is 2.40 bits per heavy atom. The number of nitrogens with zero attached hydrogens (tertiary/aromatic N) is 2. The molecule has 0 radical (unpaired) electrons. The molecule has 8 nitrogen and oxygen atoms in total. The molecule has 4 aromatic carbocycles. The summed E-state index contributed by atoms with van der Waals surface area (Å²) in [5.74, 6) is -1.60. The van der Waals surface area contributed by atoms with Crippen LogP contribution in [0.3, 0.4) is 0 Å². The number of carbonyl (C=O) groups is 3. The molecule has 2 unspecified atom stereocenters. The highest BCUT2D eigenvalue weighted by molar-refractivity contribution is 9.10. The van der Waals surface area contributed by atoms with E-state index in [2.05, 4.69) is 31.5 Å². The maximum absolute atomic E-state index is 13.6. The average molecular weight is 646 g/mol. The van der Waals surface area contributed by atoms with Crippen molar-refractivity contribution in [1.82, 2.24) is 4.98 Å². The molecule has 2 heterocycles. The minimum Gasteiger partial charge on any atom is -0.349 e. The Labute approximate surface area is 252 Å². The number of halogens is 2. The molecule has 1 aromatic heterocycles. The minimum atomic E-state index is -0.986. The second-order valence-corrected chi connectivity index (χ2v) is 11.5. The van der Waals surface area contributed by atoms with Crippen molar-refractivity contribution in [3.63, 3.8) is 0 Å². The number of anilines is 3. The zero-order valence-electron chi connectivity index (χ0n) is 21.8. The Morgan fingerprint density at radius 2 is 1.67 bits per heavy atom. The summed E-state index contributed by atoms with van der Waals surface area (Å²) in [5, 5.41) is 6.06. The molecule has 3 amide bonds. The second-order valence-electron chi connectivity index (χ2n) is 9.52. The Kier molecular flexibility index (Phi) is 7.79. The number of nitrogens with one attached hydrogen (secondary N) is 2. The Hall–Kier alpha value is -4.45. The largest absolute Gasteiger partial charge is 0.349 e. The SMILES string of the molecule is O=C(Nc1nc2ccccc2s1)c1ccc(N(Cc2ccc(F)cc2)C(=O)C2OC2C(=O)Nc2cccc(Br)c2)cc1. The predicted molar refractivity (Wildman–Crippen MR) is 163 cm³/mol. The van der Waals surface area contributed by atoms with E-state index in [0.717, 1.165) is 14.7 Å². The fourth-order valence-corrected chi connectivity index (χ4v) is 5.65. The molecule has 2 atom stereocenters. The van der Waals surface area contributed by atoms with Crippen molar-refractivity contribution in [3.8, 4) is 0 Å². The third-order valence-electron chi connectivity index (χ3n) is 6.56. The third kappa shape index (κ3) is 6.23. The van der Waals surface area contributed by atoms with Crippen LogP contribution in [0.4, 0.5) is 20.9 Å². The summed E-state index contributed by atoms with van der Waals surface area (Å²) in [7, 11) is 0. The van der Waals surface area contributed by atoms with E-state index < -0.39 is 29.8 Å². The number of hydrogen-bond acceptors (Lipinski definition) is 6. The lowest BCUT2D eigenvalue weighted by Gasteiger charge is -2.23. The number of amides is 3. The number of aromatic nitrogens is 1. The van der Waals surface area contributed by atoms with Crippen LogP contribution >= 0.6 is 27.3 Å². The van der Waals surface area contributed by atoms with E-state index in [0.29, 0.717) is 27.6 Å². The van der Waals surface area contributed by atoms with Crippen LogP contribution in [-0.4, -0.2) is 34.9 Å². The predicted octanol–water partition coefficient (Wildman–Crippen LogP) is 6.39. The van der Waals surface area contributed by atoms with Gasteiger partial charge in [-0.15, -0.1) is 0 Å². The summed E-state index contributed by atoms with van der Waals surface area (Å²) in [4.78, 5) is 45.2. The van der Waals surface area contributed by atoms with Gasteiger partial charge in [-0.2, -0.15) is 0 Å². The van der Waals surface area contributed by atoms with E-state index in [1.807, 2.05) is 30.3 Å². The van der Waals surface area contributed by atoms with Gasteiger partial charge in [0.1, 0.15) is 5.82 Å². The molecule has 2 N–H and O–H groups in total. The number of para-hydroxylation sites is 1. The summed E-state index contributed by atoms with van der Waals surface area (Å²) < 4.78 is 20.8. The molecule has 0 bridgehead atoms. The van der Waals surface area contributed by atoms with Gasteiger partial charge >= 0.3 is 0 Å². The van der Waals surface area contributed by atoms with Crippen LogP contribution in [0.2, 0.25) is 0 Å². The number of fused-ring (bicyclic) bond motifs is 1. The first-order chi connectivity index (χ1) is 20.3. The zero-order valence-corrected chi connectivity index (χ0v) is 24.2. The molecule has 0 saturated carbocycles. The summed E-state index contributed by atoms with van der Waals surface area (Å²) in [5.41, 5.74) is 2.91. The van der Waals surface area contributed by atoms with Crippen LogP contribution in [0.25, 0.3) is 10.2 Å². The van der Waals surface area contributed by atoms with Crippen LogP contribution in [0.15, 0.2) is 102 Å². The maximum atomic E-state index is 13.6. The Morgan fingerprint density at radius 1 is 0.905 bits per heavy atom. The molecule has 1 saturated heterocycles. The van der Waals surface area contributed by atoms with Crippen molar-refractivity contribution in [2.24, 2.45) is 0 Å². The van der Waals surface area contributed by atoms with Crippen molar-refractivity contribution in [2.75, 3.05) is 15.5 Å². The van der Waals surface area contributed by atoms with Crippen LogP contribution < -0.4 is 15.5 Å². The number of carbonyl (C=O) groups excluding carboxylic acids is 3. The van der Waals surface area contributed by atoms with Crippen molar-refractivity contribution < 1.29 is 23.5 Å². The summed E-state index contributed by atoms with van der Waals surface area (Å²) in [6.45, 7) is 0.107. The second kappa shape index (κ2) is 11.8. The molecule has 1 fully saturated rings. The number of thiazole rings is 1. The molecule has 11 heteroatoms. The fourth-order valence-electron chi connectivity index (χ4n) is 4.39. The van der Waals surface area contributed by atoms with Crippen molar-refractivity contribution >= 4 is 71.7 Å². The molecule has 1 aliphatic heterocycles. The topological polar surface area (TPSA) is 104 Å². The number of hydrogen-bond donors (Lipinski definition) is 2. The molecule has 0 spiro atoms. The van der Waals surface area contributed by atoms with Crippen LogP contribution in [0.5, 0.6) is 0 Å². The van der Waals surface area contributed by atoms with Gasteiger partial charge in [0, 0.05) is 21.4 Å².